The quantitative estimate of drug-likeness (QED) is 0.578. The number of nitrogens with zero attached hydrogens (tertiary/aromatic N) is 4. The molecule has 0 spiro atoms. The van der Waals surface area contributed by atoms with E-state index in [2.05, 4.69) is 6.92 Å². The smallest absolute Gasteiger partial charge is 0.254 e. The zero-order chi connectivity index (χ0) is 26.0. The molecule has 0 saturated carbocycles. The number of methoxy groups -OCH3 is 2. The van der Waals surface area contributed by atoms with Gasteiger partial charge in [0.05, 0.1) is 31.4 Å². The van der Waals surface area contributed by atoms with Crippen molar-refractivity contribution >= 4 is 17.5 Å². The van der Waals surface area contributed by atoms with Gasteiger partial charge in [-0.2, -0.15) is 5.10 Å². The van der Waals surface area contributed by atoms with Gasteiger partial charge in [0, 0.05) is 30.8 Å². The van der Waals surface area contributed by atoms with E-state index in [-0.39, 0.29) is 36.2 Å². The molecule has 1 atom stereocenters. The number of aromatic hydroxyl groups is 2. The van der Waals surface area contributed by atoms with Gasteiger partial charge in [0.1, 0.15) is 6.54 Å². The van der Waals surface area contributed by atoms with E-state index in [0.29, 0.717) is 49.6 Å². The van der Waals surface area contributed by atoms with Gasteiger partial charge < -0.3 is 24.6 Å². The molecular weight excluding hydrogens is 464 g/mol. The maximum absolute atomic E-state index is 13.7. The normalized spacial score (nSPS) is 20.6. The van der Waals surface area contributed by atoms with Crippen LogP contribution in [0.3, 0.4) is 0 Å². The number of hydrogen-bond acceptors (Lipinski definition) is 7. The Morgan fingerprint density at radius 1 is 1.08 bits per heavy atom. The Kier molecular flexibility index (Phi) is 7.14. The van der Waals surface area contributed by atoms with Crippen molar-refractivity contribution in [2.45, 2.75) is 52.1 Å². The Morgan fingerprint density at radius 3 is 2.31 bits per heavy atom. The van der Waals surface area contributed by atoms with Crippen molar-refractivity contribution in [2.24, 2.45) is 10.5 Å². The summed E-state index contributed by atoms with van der Waals surface area (Å²) in [4.78, 5) is 28.1. The van der Waals surface area contributed by atoms with Crippen LogP contribution < -0.4 is 9.47 Å². The molecule has 36 heavy (non-hydrogen) atoms. The van der Waals surface area contributed by atoms with Crippen LogP contribution in [0.25, 0.3) is 0 Å². The van der Waals surface area contributed by atoms with E-state index in [1.54, 1.807) is 24.1 Å². The molecule has 4 rings (SSSR count). The van der Waals surface area contributed by atoms with Crippen molar-refractivity contribution in [3.63, 3.8) is 0 Å². The van der Waals surface area contributed by atoms with Crippen molar-refractivity contribution in [3.8, 4) is 23.3 Å². The molecule has 1 unspecified atom stereocenters. The Bertz CT molecular complexity index is 1150. The first kappa shape index (κ1) is 25.4. The summed E-state index contributed by atoms with van der Waals surface area (Å²) >= 11 is 0. The highest BCUT2D eigenvalue weighted by molar-refractivity contribution is 6.19. The Labute approximate surface area is 210 Å². The maximum atomic E-state index is 13.7. The number of likely N-dealkylation sites (tertiary alicyclic amines) is 1. The maximum Gasteiger partial charge on any atom is 0.254 e. The number of hydrazone groups is 1. The van der Waals surface area contributed by atoms with Crippen LogP contribution in [0.2, 0.25) is 0 Å². The van der Waals surface area contributed by atoms with Crippen LogP contribution in [0.4, 0.5) is 0 Å². The highest BCUT2D eigenvalue weighted by Crippen LogP contribution is 2.40. The van der Waals surface area contributed by atoms with Crippen LogP contribution in [0.15, 0.2) is 35.4 Å². The largest absolute Gasteiger partial charge is 0.494 e. The summed E-state index contributed by atoms with van der Waals surface area (Å²) in [6.07, 6.45) is 2.67. The minimum absolute atomic E-state index is 0.0268. The molecule has 1 aromatic heterocycles. The average molecular weight is 499 g/mol. The number of amides is 2. The molecule has 0 bridgehead atoms. The zero-order valence-corrected chi connectivity index (χ0v) is 21.2. The number of piperidine rings is 1. The summed E-state index contributed by atoms with van der Waals surface area (Å²) in [5.41, 5.74) is 0.774. The second-order valence-electron chi connectivity index (χ2n) is 9.50. The van der Waals surface area contributed by atoms with Crippen LogP contribution in [0, 0.1) is 5.41 Å². The molecule has 2 aliphatic rings. The van der Waals surface area contributed by atoms with Crippen molar-refractivity contribution in [1.29, 1.82) is 0 Å². The first-order chi connectivity index (χ1) is 17.2. The van der Waals surface area contributed by atoms with E-state index in [4.69, 9.17) is 14.6 Å². The lowest BCUT2D eigenvalue weighted by Gasteiger charge is -2.36. The minimum Gasteiger partial charge on any atom is -0.494 e. The predicted molar refractivity (Wildman–Crippen MR) is 133 cm³/mol. The molecule has 10 heteroatoms. The van der Waals surface area contributed by atoms with Gasteiger partial charge in [0.15, 0.2) is 23.3 Å². The molecule has 0 aliphatic carbocycles. The standard InChI is InChI=1S/C26H34N4O6/c1-5-12-26(2)24(17-6-7-19(35-3)20(15-17)36-4)27-30(25(26)34)18-10-13-28(14-11-18)23(33)16-29-21(31)8-9-22(29)32/h6-9,15,18,31-32H,5,10-14,16H2,1-4H3. The lowest BCUT2D eigenvalue weighted by atomic mass is 9.77. The van der Waals surface area contributed by atoms with E-state index in [1.807, 2.05) is 25.1 Å². The highest BCUT2D eigenvalue weighted by atomic mass is 16.5. The van der Waals surface area contributed by atoms with Crippen molar-refractivity contribution in [3.05, 3.63) is 35.9 Å². The summed E-state index contributed by atoms with van der Waals surface area (Å²) in [7, 11) is 3.16. The first-order valence-electron chi connectivity index (χ1n) is 12.2. The fourth-order valence-corrected chi connectivity index (χ4v) is 5.15. The summed E-state index contributed by atoms with van der Waals surface area (Å²) in [5, 5.41) is 26.1. The van der Waals surface area contributed by atoms with Crippen LogP contribution in [-0.4, -0.2) is 75.6 Å². The molecule has 2 aliphatic heterocycles. The molecule has 1 aromatic carbocycles. The molecule has 2 amide bonds. The van der Waals surface area contributed by atoms with E-state index < -0.39 is 5.41 Å². The Morgan fingerprint density at radius 2 is 1.72 bits per heavy atom. The van der Waals surface area contributed by atoms with E-state index in [9.17, 15) is 19.8 Å². The lowest BCUT2D eigenvalue weighted by molar-refractivity contribution is -0.140. The molecule has 2 N–H and O–H groups in total. The Balaban J connectivity index is 1.52. The number of rotatable bonds is 8. The van der Waals surface area contributed by atoms with Gasteiger partial charge in [-0.1, -0.05) is 13.3 Å². The minimum atomic E-state index is -0.759. The molecular formula is C26H34N4O6. The van der Waals surface area contributed by atoms with Gasteiger partial charge in [-0.15, -0.1) is 0 Å². The van der Waals surface area contributed by atoms with Gasteiger partial charge in [-0.3, -0.25) is 14.2 Å². The molecule has 0 radical (unpaired) electrons. The average Bonchev–Trinajstić information content (AvgIpc) is 3.34. The van der Waals surface area contributed by atoms with Crippen LogP contribution >= 0.6 is 0 Å². The second-order valence-corrected chi connectivity index (χ2v) is 9.50. The number of benzene rings is 1. The van der Waals surface area contributed by atoms with Crippen molar-refractivity contribution in [1.82, 2.24) is 14.5 Å². The summed E-state index contributed by atoms with van der Waals surface area (Å²) < 4.78 is 12.0. The molecule has 1 fully saturated rings. The fourth-order valence-electron chi connectivity index (χ4n) is 5.15. The molecule has 194 valence electrons. The summed E-state index contributed by atoms with van der Waals surface area (Å²) in [6, 6.07) is 8.14. The van der Waals surface area contributed by atoms with Gasteiger partial charge in [0.25, 0.3) is 5.91 Å². The van der Waals surface area contributed by atoms with Gasteiger partial charge in [-0.25, -0.2) is 5.01 Å². The molecule has 2 aromatic rings. The van der Waals surface area contributed by atoms with Gasteiger partial charge in [-0.05, 0) is 44.4 Å². The number of ether oxygens (including phenoxy) is 2. The van der Waals surface area contributed by atoms with Gasteiger partial charge >= 0.3 is 0 Å². The van der Waals surface area contributed by atoms with Crippen molar-refractivity contribution < 1.29 is 29.3 Å². The number of carbonyl (C=O) groups is 2. The number of aromatic nitrogens is 1. The third-order valence-electron chi connectivity index (χ3n) is 7.21. The van der Waals surface area contributed by atoms with E-state index >= 15 is 0 Å². The number of hydrogen-bond donors (Lipinski definition) is 2. The molecule has 10 nitrogen and oxygen atoms in total. The summed E-state index contributed by atoms with van der Waals surface area (Å²) in [5.74, 6) is 0.638. The van der Waals surface area contributed by atoms with Crippen molar-refractivity contribution in [2.75, 3.05) is 27.3 Å². The van der Waals surface area contributed by atoms with Crippen LogP contribution in [0.5, 0.6) is 23.3 Å². The van der Waals surface area contributed by atoms with E-state index in [1.165, 1.54) is 12.1 Å². The third kappa shape index (κ3) is 4.47. The monoisotopic (exact) mass is 498 g/mol. The number of carbonyl (C=O) groups excluding carboxylic acids is 2. The Hall–Kier alpha value is -3.69. The first-order valence-corrected chi connectivity index (χ1v) is 12.2. The molecule has 1 saturated heterocycles. The molecule has 3 heterocycles. The lowest BCUT2D eigenvalue weighted by Crippen LogP contribution is -2.48. The fraction of sp³-hybridized carbons (Fsp3) is 0.500. The zero-order valence-electron chi connectivity index (χ0n) is 21.2. The SMILES string of the molecule is CCCC1(C)C(=O)N(C2CCN(C(=O)Cn3c(O)ccc3O)CC2)N=C1c1ccc(OC)c(OC)c1. The van der Waals surface area contributed by atoms with Crippen LogP contribution in [0.1, 0.15) is 45.1 Å². The van der Waals surface area contributed by atoms with Gasteiger partial charge in [0.2, 0.25) is 5.91 Å². The summed E-state index contributed by atoms with van der Waals surface area (Å²) in [6.45, 7) is 4.78. The third-order valence-corrected chi connectivity index (χ3v) is 7.21. The predicted octanol–water partition coefficient (Wildman–Crippen LogP) is 2.96. The topological polar surface area (TPSA) is 117 Å². The van der Waals surface area contributed by atoms with Crippen LogP contribution in [-0.2, 0) is 16.1 Å². The second kappa shape index (κ2) is 10.1. The highest BCUT2D eigenvalue weighted by Gasteiger charge is 2.49. The van der Waals surface area contributed by atoms with E-state index in [0.717, 1.165) is 16.6 Å².